The number of benzene rings is 3. The molecule has 34 heavy (non-hydrogen) atoms. The predicted molar refractivity (Wildman–Crippen MR) is 140 cm³/mol. The van der Waals surface area contributed by atoms with Crippen LogP contribution in [0.25, 0.3) is 0 Å². The molecule has 1 N–H and O–H groups in total. The summed E-state index contributed by atoms with van der Waals surface area (Å²) in [7, 11) is 0. The van der Waals surface area contributed by atoms with Gasteiger partial charge in [0.2, 0.25) is 0 Å². The van der Waals surface area contributed by atoms with Crippen molar-refractivity contribution < 1.29 is 9.59 Å². The van der Waals surface area contributed by atoms with Crippen molar-refractivity contribution in [3.63, 3.8) is 0 Å². The Morgan fingerprint density at radius 1 is 0.941 bits per heavy atom. The van der Waals surface area contributed by atoms with E-state index in [-0.39, 0.29) is 16.8 Å². The number of rotatable bonds is 3. The van der Waals surface area contributed by atoms with Crippen LogP contribution in [0.3, 0.4) is 0 Å². The van der Waals surface area contributed by atoms with Crippen molar-refractivity contribution in [1.82, 2.24) is 0 Å². The number of nitrogens with one attached hydrogen (secondary N) is 1. The minimum absolute atomic E-state index is 0.0697. The number of carbonyl (C=O) groups excluding carboxylic acids is 2. The van der Waals surface area contributed by atoms with Crippen LogP contribution in [0.15, 0.2) is 72.1 Å². The van der Waals surface area contributed by atoms with Gasteiger partial charge in [0.05, 0.1) is 22.2 Å². The quantitative estimate of drug-likeness (QED) is 0.315. The van der Waals surface area contributed by atoms with E-state index in [9.17, 15) is 9.59 Å². The zero-order valence-electron chi connectivity index (χ0n) is 18.3. The van der Waals surface area contributed by atoms with Gasteiger partial charge in [0.15, 0.2) is 0 Å². The SMILES string of the molecule is Cc1cc(NC(=O)c2cccc(Cl)c2Cl)ccc1C(=O)N1Cc2ccsc2Cc2ccccc21. The van der Waals surface area contributed by atoms with E-state index in [1.54, 1.807) is 47.7 Å². The van der Waals surface area contributed by atoms with Gasteiger partial charge in [0, 0.05) is 28.2 Å². The largest absolute Gasteiger partial charge is 0.322 e. The van der Waals surface area contributed by atoms with Gasteiger partial charge in [-0.05, 0) is 71.5 Å². The van der Waals surface area contributed by atoms with Crippen molar-refractivity contribution in [3.05, 3.63) is 115 Å². The van der Waals surface area contributed by atoms with Gasteiger partial charge in [-0.1, -0.05) is 47.5 Å². The molecule has 0 fully saturated rings. The number of thiophene rings is 1. The van der Waals surface area contributed by atoms with Gasteiger partial charge in [0.1, 0.15) is 0 Å². The average molecular weight is 507 g/mol. The molecule has 4 nitrogen and oxygen atoms in total. The van der Waals surface area contributed by atoms with Crippen molar-refractivity contribution in [2.45, 2.75) is 19.9 Å². The molecule has 0 aliphatic carbocycles. The summed E-state index contributed by atoms with van der Waals surface area (Å²) in [6, 6.07) is 20.4. The van der Waals surface area contributed by atoms with Crippen LogP contribution < -0.4 is 10.2 Å². The van der Waals surface area contributed by atoms with Gasteiger partial charge in [0.25, 0.3) is 11.8 Å². The number of halogens is 2. The second-order valence-electron chi connectivity index (χ2n) is 8.15. The van der Waals surface area contributed by atoms with Gasteiger partial charge in [-0.25, -0.2) is 0 Å². The average Bonchev–Trinajstić information content (AvgIpc) is 3.19. The Labute approximate surface area is 211 Å². The molecule has 1 aliphatic heterocycles. The fraction of sp³-hybridized carbons (Fsp3) is 0.111. The molecular formula is C27H20Cl2N2O2S. The first-order valence-electron chi connectivity index (χ1n) is 10.7. The standard InChI is InChI=1S/C27H20Cl2N2O2S/c1-16-13-19(30-26(32)21-6-4-7-22(28)25(21)29)9-10-20(16)27(33)31-15-18-11-12-34-24(18)14-17-5-2-3-8-23(17)31/h2-13H,14-15H2,1H3,(H,30,32). The molecule has 0 atom stereocenters. The van der Waals surface area contributed by atoms with Crippen LogP contribution in [-0.4, -0.2) is 11.8 Å². The number of aryl methyl sites for hydroxylation is 1. The van der Waals surface area contributed by atoms with Crippen LogP contribution in [0.5, 0.6) is 0 Å². The van der Waals surface area contributed by atoms with Crippen molar-refractivity contribution in [3.8, 4) is 0 Å². The molecule has 0 bridgehead atoms. The summed E-state index contributed by atoms with van der Waals surface area (Å²) in [4.78, 5) is 29.6. The Bertz CT molecular complexity index is 1430. The first-order chi connectivity index (χ1) is 16.4. The lowest BCUT2D eigenvalue weighted by atomic mass is 10.0. The summed E-state index contributed by atoms with van der Waals surface area (Å²) in [6.45, 7) is 2.40. The minimum atomic E-state index is -0.364. The van der Waals surface area contributed by atoms with Crippen LogP contribution in [0, 0.1) is 6.92 Å². The second-order valence-corrected chi connectivity index (χ2v) is 9.94. The molecule has 7 heteroatoms. The van der Waals surface area contributed by atoms with Crippen LogP contribution in [0.1, 0.15) is 42.3 Å². The van der Waals surface area contributed by atoms with E-state index < -0.39 is 0 Å². The topological polar surface area (TPSA) is 49.4 Å². The second kappa shape index (κ2) is 9.26. The lowest BCUT2D eigenvalue weighted by molar-refractivity contribution is 0.0983. The third-order valence-corrected chi connectivity index (χ3v) is 7.74. The Morgan fingerprint density at radius 2 is 1.76 bits per heavy atom. The van der Waals surface area contributed by atoms with E-state index in [1.165, 1.54) is 10.4 Å². The Kier molecular flexibility index (Phi) is 6.17. The number of nitrogens with zero attached hydrogens (tertiary/aromatic N) is 1. The van der Waals surface area contributed by atoms with Gasteiger partial charge in [-0.15, -0.1) is 11.3 Å². The van der Waals surface area contributed by atoms with Gasteiger partial charge >= 0.3 is 0 Å². The molecule has 1 aliphatic rings. The first kappa shape index (κ1) is 22.7. The molecule has 5 rings (SSSR count). The molecule has 0 unspecified atom stereocenters. The number of hydrogen-bond acceptors (Lipinski definition) is 3. The normalized spacial score (nSPS) is 12.5. The minimum Gasteiger partial charge on any atom is -0.322 e. The third kappa shape index (κ3) is 4.23. The highest BCUT2D eigenvalue weighted by Gasteiger charge is 2.26. The molecule has 170 valence electrons. The van der Waals surface area contributed by atoms with Gasteiger partial charge in [-0.3, -0.25) is 9.59 Å². The van der Waals surface area contributed by atoms with Crippen molar-refractivity contribution in [2.24, 2.45) is 0 Å². The maximum atomic E-state index is 13.7. The fourth-order valence-electron chi connectivity index (χ4n) is 4.20. The summed E-state index contributed by atoms with van der Waals surface area (Å²) in [5.41, 5.74) is 5.47. The van der Waals surface area contributed by atoms with E-state index in [0.717, 1.165) is 23.2 Å². The fourth-order valence-corrected chi connectivity index (χ4v) is 5.51. The Morgan fingerprint density at radius 3 is 2.59 bits per heavy atom. The Balaban J connectivity index is 1.43. The number of fused-ring (bicyclic) bond motifs is 2. The molecule has 3 aromatic carbocycles. The maximum absolute atomic E-state index is 13.7. The lowest BCUT2D eigenvalue weighted by Crippen LogP contribution is -2.31. The van der Waals surface area contributed by atoms with Crippen LogP contribution in [0.2, 0.25) is 10.0 Å². The summed E-state index contributed by atoms with van der Waals surface area (Å²) in [5, 5.41) is 5.45. The number of amides is 2. The van der Waals surface area contributed by atoms with Crippen LogP contribution in [-0.2, 0) is 13.0 Å². The van der Waals surface area contributed by atoms with Gasteiger partial charge < -0.3 is 10.2 Å². The number of para-hydroxylation sites is 1. The molecule has 2 amide bonds. The first-order valence-corrected chi connectivity index (χ1v) is 12.4. The van der Waals surface area contributed by atoms with Crippen molar-refractivity contribution in [2.75, 3.05) is 10.2 Å². The van der Waals surface area contributed by atoms with Crippen LogP contribution >= 0.6 is 34.5 Å². The van der Waals surface area contributed by atoms with E-state index in [0.29, 0.717) is 28.4 Å². The van der Waals surface area contributed by atoms with E-state index in [2.05, 4.69) is 22.8 Å². The van der Waals surface area contributed by atoms with Crippen LogP contribution in [0.4, 0.5) is 11.4 Å². The third-order valence-electron chi connectivity index (χ3n) is 5.96. The van der Waals surface area contributed by atoms with Crippen molar-refractivity contribution in [1.29, 1.82) is 0 Å². The number of carbonyl (C=O) groups is 2. The van der Waals surface area contributed by atoms with Crippen molar-refractivity contribution >= 4 is 57.7 Å². The predicted octanol–water partition coefficient (Wildman–Crippen LogP) is 7.37. The molecule has 0 spiro atoms. The summed E-state index contributed by atoms with van der Waals surface area (Å²) >= 11 is 13.9. The monoisotopic (exact) mass is 506 g/mol. The zero-order valence-corrected chi connectivity index (χ0v) is 20.6. The number of anilines is 2. The summed E-state index contributed by atoms with van der Waals surface area (Å²) in [5.74, 6) is -0.433. The highest BCUT2D eigenvalue weighted by molar-refractivity contribution is 7.10. The summed E-state index contributed by atoms with van der Waals surface area (Å²) < 4.78 is 0. The molecule has 0 saturated heterocycles. The molecule has 0 radical (unpaired) electrons. The van der Waals surface area contributed by atoms with E-state index >= 15 is 0 Å². The zero-order chi connectivity index (χ0) is 23.8. The highest BCUT2D eigenvalue weighted by atomic mass is 35.5. The molecular weight excluding hydrogens is 487 g/mol. The maximum Gasteiger partial charge on any atom is 0.258 e. The van der Waals surface area contributed by atoms with E-state index in [4.69, 9.17) is 23.2 Å². The van der Waals surface area contributed by atoms with Gasteiger partial charge in [-0.2, -0.15) is 0 Å². The smallest absolute Gasteiger partial charge is 0.258 e. The highest BCUT2D eigenvalue weighted by Crippen LogP contribution is 2.34. The summed E-state index contributed by atoms with van der Waals surface area (Å²) in [6.07, 6.45) is 0.822. The van der Waals surface area contributed by atoms with E-state index in [1.807, 2.05) is 30.0 Å². The number of hydrogen-bond donors (Lipinski definition) is 1. The molecule has 2 heterocycles. The molecule has 0 saturated carbocycles. The molecule has 1 aromatic heterocycles. The molecule has 4 aromatic rings. The lowest BCUT2D eigenvalue weighted by Gasteiger charge is -2.24. The Hall–Kier alpha value is -3.12.